The molecule has 0 heterocycles. The van der Waals surface area contributed by atoms with E-state index in [2.05, 4.69) is 0 Å². The lowest BCUT2D eigenvalue weighted by molar-refractivity contribution is 1.11. The molecule has 2 aromatic carbocycles. The highest BCUT2D eigenvalue weighted by Crippen LogP contribution is 1.80. The summed E-state index contributed by atoms with van der Waals surface area (Å²) in [6.07, 6.45) is 0. The summed E-state index contributed by atoms with van der Waals surface area (Å²) in [5, 5.41) is 0. The van der Waals surface area contributed by atoms with Crippen molar-refractivity contribution in [2.45, 2.75) is 27.7 Å². The number of rotatable bonds is 0. The molecular formula is C16H26F2. The summed E-state index contributed by atoms with van der Waals surface area (Å²) in [5.74, 6) is 0. The molecule has 0 atom stereocenters. The van der Waals surface area contributed by atoms with Crippen LogP contribution in [0, 0.1) is 0 Å². The lowest BCUT2D eigenvalue weighted by Crippen LogP contribution is -1.47. The van der Waals surface area contributed by atoms with Gasteiger partial charge in [0.05, 0.1) is 0 Å². The zero-order chi connectivity index (χ0) is 12.5. The van der Waals surface area contributed by atoms with E-state index in [1.54, 1.807) is 0 Å². The molecule has 0 unspecified atom stereocenters. The molecular weight excluding hydrogens is 230 g/mol. The largest absolute Gasteiger partial charge is 0.269 e. The fourth-order valence-electron chi connectivity index (χ4n) is 0.770. The molecule has 2 heteroatoms. The van der Waals surface area contributed by atoms with E-state index >= 15 is 0 Å². The Hall–Kier alpha value is -1.70. The lowest BCUT2D eigenvalue weighted by atomic mass is 10.4. The highest BCUT2D eigenvalue weighted by molar-refractivity contribution is 4.99. The van der Waals surface area contributed by atoms with Crippen LogP contribution in [0.2, 0.25) is 0 Å². The number of halogens is 2. The Morgan fingerprint density at radius 3 is 0.389 bits per heavy atom. The maximum Gasteiger partial charge on any atom is -0.0623 e. The van der Waals surface area contributed by atoms with Crippen LogP contribution in [0.15, 0.2) is 72.8 Å². The quantitative estimate of drug-likeness (QED) is 0.564. The van der Waals surface area contributed by atoms with E-state index in [9.17, 15) is 0 Å². The molecule has 104 valence electrons. The van der Waals surface area contributed by atoms with Gasteiger partial charge in [0.1, 0.15) is 0 Å². The number of hydrogen-bond donors (Lipinski definition) is 0. The fourth-order valence-corrected chi connectivity index (χ4v) is 0.770. The van der Waals surface area contributed by atoms with Gasteiger partial charge < -0.3 is 0 Å². The van der Waals surface area contributed by atoms with Crippen LogP contribution in [0.25, 0.3) is 0 Å². The smallest absolute Gasteiger partial charge is 0.0623 e. The van der Waals surface area contributed by atoms with E-state index in [1.807, 2.05) is 100 Å². The van der Waals surface area contributed by atoms with Crippen LogP contribution >= 0.6 is 0 Å². The summed E-state index contributed by atoms with van der Waals surface area (Å²) in [5.41, 5.74) is 0. The fraction of sp³-hybridized carbons (Fsp3) is 0.250. The number of benzene rings is 2. The van der Waals surface area contributed by atoms with Gasteiger partial charge in [0.15, 0.2) is 0 Å². The van der Waals surface area contributed by atoms with Gasteiger partial charge in [0.2, 0.25) is 0 Å². The minimum atomic E-state index is 0. The van der Waals surface area contributed by atoms with Crippen LogP contribution in [0.4, 0.5) is 9.41 Å². The molecule has 0 amide bonds. The summed E-state index contributed by atoms with van der Waals surface area (Å²) >= 11 is 0. The van der Waals surface area contributed by atoms with Crippen LogP contribution in [0.3, 0.4) is 0 Å². The number of hydrogen-bond acceptors (Lipinski definition) is 0. The summed E-state index contributed by atoms with van der Waals surface area (Å²) in [6.45, 7) is 8.00. The first-order valence-corrected chi connectivity index (χ1v) is 6.00. The third kappa shape index (κ3) is 23.8. The van der Waals surface area contributed by atoms with Crippen molar-refractivity contribution in [1.29, 1.82) is 0 Å². The zero-order valence-electron chi connectivity index (χ0n) is 11.7. The Labute approximate surface area is 110 Å². The zero-order valence-corrected chi connectivity index (χ0v) is 11.7. The second-order valence-corrected chi connectivity index (χ2v) is 2.31. The Balaban J connectivity index is -0.0000000787. The van der Waals surface area contributed by atoms with E-state index < -0.39 is 0 Å². The minimum Gasteiger partial charge on any atom is -0.269 e. The SMILES string of the molecule is CC.CC.F.F.c1ccccc1.c1ccccc1. The van der Waals surface area contributed by atoms with Gasteiger partial charge in [-0.05, 0) is 0 Å². The first-order chi connectivity index (χ1) is 8.00. The standard InChI is InChI=1S/2C6H6.2C2H6.2FH/c2*1-2-4-6-5-3-1;2*1-2;;/h2*1-6H;2*1-2H3;2*1H. The molecule has 0 saturated heterocycles. The Morgan fingerprint density at radius 1 is 0.278 bits per heavy atom. The molecule has 0 fully saturated rings. The average molecular weight is 256 g/mol. The Bertz CT molecular complexity index is 184. The third-order valence-electron chi connectivity index (χ3n) is 1.33. The van der Waals surface area contributed by atoms with Gasteiger partial charge in [-0.3, -0.25) is 9.41 Å². The minimum absolute atomic E-state index is 0. The highest BCUT2D eigenvalue weighted by atomic mass is 19.0. The lowest BCUT2D eigenvalue weighted by Gasteiger charge is -1.69. The van der Waals surface area contributed by atoms with E-state index in [0.717, 1.165) is 0 Å². The van der Waals surface area contributed by atoms with Gasteiger partial charge >= 0.3 is 0 Å². The normalized spacial score (nSPS) is 6.00. The van der Waals surface area contributed by atoms with Gasteiger partial charge in [-0.2, -0.15) is 0 Å². The van der Waals surface area contributed by atoms with Crippen LogP contribution in [-0.2, 0) is 0 Å². The maximum atomic E-state index is 2.00. The Morgan fingerprint density at radius 2 is 0.333 bits per heavy atom. The molecule has 0 saturated carbocycles. The molecule has 0 spiro atoms. The van der Waals surface area contributed by atoms with E-state index in [4.69, 9.17) is 0 Å². The first kappa shape index (κ1) is 25.2. The van der Waals surface area contributed by atoms with Gasteiger partial charge in [-0.1, -0.05) is 100 Å². The van der Waals surface area contributed by atoms with Gasteiger partial charge in [0, 0.05) is 0 Å². The van der Waals surface area contributed by atoms with Crippen LogP contribution in [-0.4, -0.2) is 0 Å². The molecule has 2 aromatic rings. The van der Waals surface area contributed by atoms with Crippen molar-refractivity contribution >= 4 is 0 Å². The summed E-state index contributed by atoms with van der Waals surface area (Å²) < 4.78 is 0. The molecule has 0 bridgehead atoms. The molecule has 0 N–H and O–H groups in total. The van der Waals surface area contributed by atoms with Crippen LogP contribution in [0.5, 0.6) is 0 Å². The van der Waals surface area contributed by atoms with Crippen LogP contribution in [0.1, 0.15) is 27.7 Å². The second-order valence-electron chi connectivity index (χ2n) is 2.31. The van der Waals surface area contributed by atoms with Crippen LogP contribution < -0.4 is 0 Å². The van der Waals surface area contributed by atoms with Crippen molar-refractivity contribution in [3.8, 4) is 0 Å². The molecule has 0 nitrogen and oxygen atoms in total. The average Bonchev–Trinajstić information content (AvgIpc) is 2.48. The Kier molecular flexibility index (Phi) is 41.3. The maximum absolute atomic E-state index is 2.00. The monoisotopic (exact) mass is 256 g/mol. The van der Waals surface area contributed by atoms with E-state index in [-0.39, 0.29) is 9.41 Å². The summed E-state index contributed by atoms with van der Waals surface area (Å²) in [4.78, 5) is 0. The van der Waals surface area contributed by atoms with Crippen molar-refractivity contribution in [2.75, 3.05) is 0 Å². The summed E-state index contributed by atoms with van der Waals surface area (Å²) in [7, 11) is 0. The predicted octanol–water partition coefficient (Wildman–Crippen LogP) is 5.73. The van der Waals surface area contributed by atoms with Crippen molar-refractivity contribution in [3.05, 3.63) is 72.8 Å². The molecule has 0 aromatic heterocycles. The molecule has 0 aliphatic rings. The highest BCUT2D eigenvalue weighted by Gasteiger charge is 1.58. The van der Waals surface area contributed by atoms with Gasteiger partial charge in [-0.25, -0.2) is 0 Å². The molecule has 0 radical (unpaired) electrons. The van der Waals surface area contributed by atoms with Gasteiger partial charge in [-0.15, -0.1) is 0 Å². The summed E-state index contributed by atoms with van der Waals surface area (Å²) in [6, 6.07) is 24.0. The van der Waals surface area contributed by atoms with Crippen molar-refractivity contribution in [1.82, 2.24) is 0 Å². The third-order valence-corrected chi connectivity index (χ3v) is 1.33. The first-order valence-electron chi connectivity index (χ1n) is 6.00. The van der Waals surface area contributed by atoms with E-state index in [0.29, 0.717) is 0 Å². The second kappa shape index (κ2) is 29.5. The van der Waals surface area contributed by atoms with Crippen molar-refractivity contribution in [3.63, 3.8) is 0 Å². The van der Waals surface area contributed by atoms with Crippen molar-refractivity contribution < 1.29 is 9.41 Å². The van der Waals surface area contributed by atoms with Gasteiger partial charge in [0.25, 0.3) is 0 Å². The van der Waals surface area contributed by atoms with Crippen molar-refractivity contribution in [2.24, 2.45) is 0 Å². The predicted molar refractivity (Wildman–Crippen MR) is 80.6 cm³/mol. The van der Waals surface area contributed by atoms with E-state index in [1.165, 1.54) is 0 Å². The molecule has 0 aliphatic heterocycles. The topological polar surface area (TPSA) is 0 Å². The molecule has 0 aliphatic carbocycles. The molecule has 2 rings (SSSR count). The molecule has 18 heavy (non-hydrogen) atoms.